The van der Waals surface area contributed by atoms with E-state index in [-0.39, 0.29) is 5.82 Å². The maximum atomic E-state index is 13.1. The van der Waals surface area contributed by atoms with Crippen molar-refractivity contribution in [1.29, 1.82) is 5.26 Å². The van der Waals surface area contributed by atoms with E-state index in [1.54, 1.807) is 12.1 Å². The zero-order valence-electron chi connectivity index (χ0n) is 12.2. The molecule has 3 nitrogen and oxygen atoms in total. The summed E-state index contributed by atoms with van der Waals surface area (Å²) in [7, 11) is 1.87. The second kappa shape index (κ2) is 6.87. The first-order valence-corrected chi connectivity index (χ1v) is 6.90. The van der Waals surface area contributed by atoms with Gasteiger partial charge in [0.25, 0.3) is 0 Å². The molecule has 0 bridgehead atoms. The monoisotopic (exact) mass is 283 g/mol. The average Bonchev–Trinajstić information content (AvgIpc) is 2.51. The van der Waals surface area contributed by atoms with E-state index in [1.165, 1.54) is 12.1 Å². The first kappa shape index (κ1) is 15.0. The van der Waals surface area contributed by atoms with Gasteiger partial charge in [-0.05, 0) is 55.9 Å². The lowest BCUT2D eigenvalue weighted by Gasteiger charge is -2.24. The predicted molar refractivity (Wildman–Crippen MR) is 83.0 cm³/mol. The van der Waals surface area contributed by atoms with Crippen molar-refractivity contribution >= 4 is 11.4 Å². The first-order chi connectivity index (χ1) is 10.2. The molecule has 0 atom stereocenters. The quantitative estimate of drug-likeness (QED) is 0.911. The lowest BCUT2D eigenvalue weighted by atomic mass is 10.1. The van der Waals surface area contributed by atoms with Crippen LogP contribution in [-0.4, -0.2) is 13.6 Å². The first-order valence-electron chi connectivity index (χ1n) is 6.90. The molecule has 2 aromatic carbocycles. The Morgan fingerprint density at radius 3 is 2.48 bits per heavy atom. The topological polar surface area (TPSA) is 39.1 Å². The third-order valence-electron chi connectivity index (χ3n) is 3.31. The molecule has 1 N–H and O–H groups in total. The Morgan fingerprint density at radius 1 is 1.19 bits per heavy atom. The Balaban J connectivity index is 2.42. The summed E-state index contributed by atoms with van der Waals surface area (Å²) in [4.78, 5) is 2.00. The minimum absolute atomic E-state index is 0.264. The Hall–Kier alpha value is -2.38. The largest absolute Gasteiger partial charge is 0.341 e. The molecule has 0 saturated carbocycles. The lowest BCUT2D eigenvalue weighted by molar-refractivity contribution is 0.628. The molecule has 2 rings (SSSR count). The fourth-order valence-electron chi connectivity index (χ4n) is 2.34. The number of anilines is 2. The van der Waals surface area contributed by atoms with Gasteiger partial charge in [-0.25, -0.2) is 4.39 Å². The van der Waals surface area contributed by atoms with Gasteiger partial charge in [0.2, 0.25) is 0 Å². The molecule has 0 fully saturated rings. The van der Waals surface area contributed by atoms with Crippen LogP contribution in [0.2, 0.25) is 0 Å². The number of nitrogens with zero attached hydrogens (tertiary/aromatic N) is 2. The average molecular weight is 283 g/mol. The van der Waals surface area contributed by atoms with Crippen molar-refractivity contribution in [2.45, 2.75) is 13.5 Å². The Morgan fingerprint density at radius 2 is 1.90 bits per heavy atom. The van der Waals surface area contributed by atoms with Gasteiger partial charge in [-0.1, -0.05) is 6.07 Å². The van der Waals surface area contributed by atoms with Crippen molar-refractivity contribution < 1.29 is 4.39 Å². The highest BCUT2D eigenvalue weighted by molar-refractivity contribution is 5.69. The Labute approximate surface area is 124 Å². The number of nitriles is 1. The molecular weight excluding hydrogens is 265 g/mol. The summed E-state index contributed by atoms with van der Waals surface area (Å²) in [5.41, 5.74) is 3.39. The van der Waals surface area contributed by atoms with Crippen molar-refractivity contribution in [1.82, 2.24) is 5.32 Å². The maximum absolute atomic E-state index is 13.1. The van der Waals surface area contributed by atoms with Crippen LogP contribution in [-0.2, 0) is 6.54 Å². The van der Waals surface area contributed by atoms with E-state index in [9.17, 15) is 9.65 Å². The minimum atomic E-state index is -0.264. The molecule has 0 aliphatic rings. The summed E-state index contributed by atoms with van der Waals surface area (Å²) < 4.78 is 13.1. The second-order valence-corrected chi connectivity index (χ2v) is 4.71. The van der Waals surface area contributed by atoms with E-state index in [1.807, 2.05) is 37.1 Å². The molecule has 21 heavy (non-hydrogen) atoms. The highest BCUT2D eigenvalue weighted by Crippen LogP contribution is 2.29. The molecule has 0 amide bonds. The summed E-state index contributed by atoms with van der Waals surface area (Å²) in [6.07, 6.45) is 0. The molecule has 0 spiro atoms. The maximum Gasteiger partial charge on any atom is 0.123 e. The van der Waals surface area contributed by atoms with Crippen molar-refractivity contribution in [2.75, 3.05) is 18.5 Å². The molecule has 0 aliphatic carbocycles. The van der Waals surface area contributed by atoms with Crippen molar-refractivity contribution in [3.63, 3.8) is 0 Å². The number of hydrogen-bond acceptors (Lipinski definition) is 3. The normalized spacial score (nSPS) is 10.2. The third kappa shape index (κ3) is 3.39. The zero-order chi connectivity index (χ0) is 15.2. The molecule has 0 aromatic heterocycles. The summed E-state index contributed by atoms with van der Waals surface area (Å²) in [6, 6.07) is 14.4. The Kier molecular flexibility index (Phi) is 4.91. The molecule has 0 aliphatic heterocycles. The van der Waals surface area contributed by atoms with Crippen LogP contribution in [0.5, 0.6) is 0 Å². The van der Waals surface area contributed by atoms with E-state index in [0.29, 0.717) is 12.1 Å². The van der Waals surface area contributed by atoms with Gasteiger partial charge in [0.05, 0.1) is 11.3 Å². The molecule has 0 radical (unpaired) electrons. The lowest BCUT2D eigenvalue weighted by Crippen LogP contribution is -2.17. The zero-order valence-corrected chi connectivity index (χ0v) is 12.2. The molecule has 2 aromatic rings. The summed E-state index contributed by atoms with van der Waals surface area (Å²) in [6.45, 7) is 3.43. The second-order valence-electron chi connectivity index (χ2n) is 4.71. The highest BCUT2D eigenvalue weighted by Gasteiger charge is 2.12. The standard InChI is InChI=1S/C17H18FN3/c1-3-21(16-7-5-15(18)6-8-16)17-9-4-13(12-20-2)10-14(17)11-19/h4-10,20H,3,12H2,1-2H3. The molecule has 4 heteroatoms. The third-order valence-corrected chi connectivity index (χ3v) is 3.31. The Bertz CT molecular complexity index is 644. The number of halogens is 1. The van der Waals surface area contributed by atoms with E-state index in [0.717, 1.165) is 23.5 Å². The number of nitrogens with one attached hydrogen (secondary N) is 1. The molecule has 0 unspecified atom stereocenters. The van der Waals surface area contributed by atoms with Crippen molar-refractivity contribution in [3.05, 3.63) is 59.4 Å². The van der Waals surface area contributed by atoms with Crippen LogP contribution in [0, 0.1) is 17.1 Å². The van der Waals surface area contributed by atoms with Gasteiger partial charge >= 0.3 is 0 Å². The van der Waals surface area contributed by atoms with Crippen LogP contribution >= 0.6 is 0 Å². The van der Waals surface area contributed by atoms with Crippen LogP contribution in [0.4, 0.5) is 15.8 Å². The smallest absolute Gasteiger partial charge is 0.123 e. The van der Waals surface area contributed by atoms with Gasteiger partial charge in [0.1, 0.15) is 11.9 Å². The predicted octanol–water partition coefficient (Wildman–Crippen LogP) is 3.57. The summed E-state index contributed by atoms with van der Waals surface area (Å²) >= 11 is 0. The molecular formula is C17H18FN3. The van der Waals surface area contributed by atoms with Gasteiger partial charge in [-0.15, -0.1) is 0 Å². The van der Waals surface area contributed by atoms with Crippen LogP contribution in [0.25, 0.3) is 0 Å². The van der Waals surface area contributed by atoms with E-state index in [2.05, 4.69) is 11.4 Å². The van der Waals surface area contributed by atoms with Gasteiger partial charge in [0, 0.05) is 18.8 Å². The van der Waals surface area contributed by atoms with Gasteiger partial charge < -0.3 is 10.2 Å². The number of rotatable bonds is 5. The molecule has 0 saturated heterocycles. The fourth-order valence-corrected chi connectivity index (χ4v) is 2.34. The van der Waals surface area contributed by atoms with Gasteiger partial charge in [0.15, 0.2) is 0 Å². The van der Waals surface area contributed by atoms with Crippen LogP contribution in [0.1, 0.15) is 18.1 Å². The van der Waals surface area contributed by atoms with Crippen molar-refractivity contribution in [3.8, 4) is 6.07 Å². The number of benzene rings is 2. The van der Waals surface area contributed by atoms with E-state index in [4.69, 9.17) is 0 Å². The minimum Gasteiger partial charge on any atom is -0.341 e. The van der Waals surface area contributed by atoms with Crippen LogP contribution in [0.3, 0.4) is 0 Å². The van der Waals surface area contributed by atoms with Gasteiger partial charge in [-0.2, -0.15) is 5.26 Å². The van der Waals surface area contributed by atoms with E-state index < -0.39 is 0 Å². The van der Waals surface area contributed by atoms with E-state index >= 15 is 0 Å². The molecule has 108 valence electrons. The highest BCUT2D eigenvalue weighted by atomic mass is 19.1. The molecule has 0 heterocycles. The summed E-state index contributed by atoms with van der Waals surface area (Å²) in [5.74, 6) is -0.264. The SMILES string of the molecule is CCN(c1ccc(F)cc1)c1ccc(CNC)cc1C#N. The summed E-state index contributed by atoms with van der Waals surface area (Å²) in [5, 5.41) is 12.5. The van der Waals surface area contributed by atoms with Crippen molar-refractivity contribution in [2.24, 2.45) is 0 Å². The van der Waals surface area contributed by atoms with Gasteiger partial charge in [-0.3, -0.25) is 0 Å². The number of hydrogen-bond donors (Lipinski definition) is 1. The van der Waals surface area contributed by atoms with Crippen LogP contribution < -0.4 is 10.2 Å². The van der Waals surface area contributed by atoms with Crippen LogP contribution in [0.15, 0.2) is 42.5 Å². The fraction of sp³-hybridized carbons (Fsp3) is 0.235.